The molecule has 0 aromatic carbocycles. The van der Waals surface area contributed by atoms with Crippen LogP contribution in [0.25, 0.3) is 0 Å². The molecular formula is C13H22O4S. The highest BCUT2D eigenvalue weighted by Crippen LogP contribution is 2.64. The molecule has 5 atom stereocenters. The van der Waals surface area contributed by atoms with E-state index >= 15 is 0 Å². The summed E-state index contributed by atoms with van der Waals surface area (Å²) in [4.78, 5) is 0. The van der Waals surface area contributed by atoms with Gasteiger partial charge in [0.05, 0.1) is 6.10 Å². The largest absolute Gasteiger partial charge is 0.370 e. The van der Waals surface area contributed by atoms with Crippen LogP contribution in [-0.4, -0.2) is 32.0 Å². The minimum absolute atomic E-state index is 0.00905. The molecule has 5 unspecified atom stereocenters. The second-order valence-electron chi connectivity index (χ2n) is 6.66. The summed E-state index contributed by atoms with van der Waals surface area (Å²) in [6.45, 7) is 10.5. The van der Waals surface area contributed by atoms with Gasteiger partial charge in [-0.1, -0.05) is 34.6 Å². The molecule has 4 nitrogen and oxygen atoms in total. The smallest absolute Gasteiger partial charge is 0.273 e. The number of hydrogen-bond donors (Lipinski definition) is 0. The fourth-order valence-electron chi connectivity index (χ4n) is 4.86. The SMILES string of the molecule is CC1C2OS(=O)(=O)C3C2OC1C3(C(C)C)C(C)C. The number of hydrogen-bond acceptors (Lipinski definition) is 4. The van der Waals surface area contributed by atoms with Crippen molar-refractivity contribution in [2.45, 2.75) is 58.2 Å². The molecule has 0 amide bonds. The molecule has 0 N–H and O–H groups in total. The predicted molar refractivity (Wildman–Crippen MR) is 67.5 cm³/mol. The zero-order valence-corrected chi connectivity index (χ0v) is 12.4. The van der Waals surface area contributed by atoms with Crippen LogP contribution in [0.15, 0.2) is 0 Å². The van der Waals surface area contributed by atoms with E-state index in [9.17, 15) is 8.42 Å². The molecule has 0 radical (unpaired) electrons. The summed E-state index contributed by atoms with van der Waals surface area (Å²) in [5.74, 6) is 0.683. The van der Waals surface area contributed by atoms with E-state index in [4.69, 9.17) is 8.92 Å². The standard InChI is InChI=1S/C13H22O4S/c1-6(2)13(7(3)4)11-8(5)9-10(16-11)12(13)18(14,15)17-9/h6-12H,1-5H3. The molecule has 3 aliphatic rings. The van der Waals surface area contributed by atoms with Gasteiger partial charge in [0.1, 0.15) is 17.5 Å². The van der Waals surface area contributed by atoms with E-state index in [2.05, 4.69) is 34.6 Å². The molecule has 0 aromatic heterocycles. The second kappa shape index (κ2) is 3.49. The normalized spacial score (nSPS) is 47.4. The summed E-state index contributed by atoms with van der Waals surface area (Å²) in [6, 6.07) is 0. The van der Waals surface area contributed by atoms with Crippen LogP contribution >= 0.6 is 0 Å². The topological polar surface area (TPSA) is 52.6 Å². The van der Waals surface area contributed by atoms with Crippen molar-refractivity contribution in [1.82, 2.24) is 0 Å². The molecule has 0 spiro atoms. The second-order valence-corrected chi connectivity index (χ2v) is 8.35. The Kier molecular flexibility index (Phi) is 2.50. The maximum Gasteiger partial charge on any atom is 0.273 e. The lowest BCUT2D eigenvalue weighted by molar-refractivity contribution is -0.0145. The molecule has 0 aliphatic carbocycles. The molecule has 0 aromatic rings. The quantitative estimate of drug-likeness (QED) is 0.721. The van der Waals surface area contributed by atoms with Crippen molar-refractivity contribution in [3.8, 4) is 0 Å². The van der Waals surface area contributed by atoms with E-state index in [1.165, 1.54) is 0 Å². The highest BCUT2D eigenvalue weighted by Gasteiger charge is 2.76. The molecule has 5 heteroatoms. The van der Waals surface area contributed by atoms with Crippen LogP contribution in [0.5, 0.6) is 0 Å². The Labute approximate surface area is 109 Å². The first-order valence-corrected chi connectivity index (χ1v) is 8.29. The summed E-state index contributed by atoms with van der Waals surface area (Å²) >= 11 is 0. The summed E-state index contributed by atoms with van der Waals surface area (Å²) in [5, 5.41) is -0.476. The van der Waals surface area contributed by atoms with Crippen LogP contribution in [0.2, 0.25) is 0 Å². The Hall–Kier alpha value is -0.130. The van der Waals surface area contributed by atoms with Crippen molar-refractivity contribution in [1.29, 1.82) is 0 Å². The van der Waals surface area contributed by atoms with Crippen LogP contribution in [0, 0.1) is 23.2 Å². The molecular weight excluding hydrogens is 252 g/mol. The average Bonchev–Trinajstić information content (AvgIpc) is 2.79. The van der Waals surface area contributed by atoms with Crippen LogP contribution in [0.4, 0.5) is 0 Å². The fraction of sp³-hybridized carbons (Fsp3) is 1.00. The lowest BCUT2D eigenvalue weighted by Gasteiger charge is -2.46. The third-order valence-corrected chi connectivity index (χ3v) is 7.25. The summed E-state index contributed by atoms with van der Waals surface area (Å²) in [6.07, 6.45) is -0.495. The van der Waals surface area contributed by atoms with Gasteiger partial charge < -0.3 is 4.74 Å². The van der Waals surface area contributed by atoms with Gasteiger partial charge in [0.15, 0.2) is 0 Å². The highest BCUT2D eigenvalue weighted by molar-refractivity contribution is 7.87. The molecule has 3 heterocycles. The van der Waals surface area contributed by atoms with Gasteiger partial charge in [-0.25, -0.2) is 0 Å². The van der Waals surface area contributed by atoms with Gasteiger partial charge in [-0.3, -0.25) is 4.18 Å². The third-order valence-electron chi connectivity index (χ3n) is 5.46. The van der Waals surface area contributed by atoms with Crippen molar-refractivity contribution >= 4 is 10.1 Å². The van der Waals surface area contributed by atoms with Crippen LogP contribution in [-0.2, 0) is 19.0 Å². The predicted octanol–water partition coefficient (Wildman–Crippen LogP) is 1.80. The minimum Gasteiger partial charge on any atom is -0.370 e. The molecule has 3 rings (SSSR count). The zero-order chi connectivity index (χ0) is 13.5. The van der Waals surface area contributed by atoms with Gasteiger partial charge in [0, 0.05) is 11.3 Å². The van der Waals surface area contributed by atoms with E-state index in [1.807, 2.05) is 0 Å². The fourth-order valence-corrected chi connectivity index (χ4v) is 7.30. The Morgan fingerprint density at radius 1 is 1.06 bits per heavy atom. The first-order valence-electron chi connectivity index (χ1n) is 6.82. The van der Waals surface area contributed by atoms with Gasteiger partial charge >= 0.3 is 0 Å². The van der Waals surface area contributed by atoms with Crippen molar-refractivity contribution in [2.75, 3.05) is 0 Å². The molecule has 3 aliphatic heterocycles. The third kappa shape index (κ3) is 1.17. The molecule has 104 valence electrons. The van der Waals surface area contributed by atoms with Crippen molar-refractivity contribution < 1.29 is 17.3 Å². The van der Waals surface area contributed by atoms with E-state index < -0.39 is 15.4 Å². The Morgan fingerprint density at radius 3 is 2.11 bits per heavy atom. The van der Waals surface area contributed by atoms with Crippen molar-refractivity contribution in [2.24, 2.45) is 23.2 Å². The van der Waals surface area contributed by atoms with Gasteiger partial charge in [-0.15, -0.1) is 0 Å². The lowest BCUT2D eigenvalue weighted by atomic mass is 9.57. The van der Waals surface area contributed by atoms with Gasteiger partial charge in [0.25, 0.3) is 10.1 Å². The maximum absolute atomic E-state index is 12.3. The molecule has 3 fully saturated rings. The van der Waals surface area contributed by atoms with E-state index in [-0.39, 0.29) is 41.5 Å². The monoisotopic (exact) mass is 274 g/mol. The Morgan fingerprint density at radius 2 is 1.61 bits per heavy atom. The van der Waals surface area contributed by atoms with E-state index in [0.29, 0.717) is 0 Å². The number of ether oxygens (including phenoxy) is 1. The van der Waals surface area contributed by atoms with Gasteiger partial charge in [-0.2, -0.15) is 8.42 Å². The number of fused-ring (bicyclic) bond motifs is 1. The maximum atomic E-state index is 12.3. The Balaban J connectivity index is 2.22. The summed E-state index contributed by atoms with van der Waals surface area (Å²) in [5.41, 5.74) is -0.310. The van der Waals surface area contributed by atoms with Crippen molar-refractivity contribution in [3.63, 3.8) is 0 Å². The highest BCUT2D eigenvalue weighted by atomic mass is 32.2. The van der Waals surface area contributed by atoms with E-state index in [1.54, 1.807) is 0 Å². The molecule has 0 saturated carbocycles. The van der Waals surface area contributed by atoms with Gasteiger partial charge in [0.2, 0.25) is 0 Å². The lowest BCUT2D eigenvalue weighted by Crippen LogP contribution is -2.56. The van der Waals surface area contributed by atoms with Crippen LogP contribution < -0.4 is 0 Å². The molecule has 3 saturated heterocycles. The Bertz CT molecular complexity index is 459. The van der Waals surface area contributed by atoms with Crippen LogP contribution in [0.1, 0.15) is 34.6 Å². The first-order chi connectivity index (χ1) is 8.24. The summed E-state index contributed by atoms with van der Waals surface area (Å²) < 4.78 is 36.1. The van der Waals surface area contributed by atoms with E-state index in [0.717, 1.165) is 0 Å². The zero-order valence-electron chi connectivity index (χ0n) is 11.6. The molecule has 2 bridgehead atoms. The molecule has 18 heavy (non-hydrogen) atoms. The van der Waals surface area contributed by atoms with Crippen LogP contribution in [0.3, 0.4) is 0 Å². The first kappa shape index (κ1) is 12.9. The summed E-state index contributed by atoms with van der Waals surface area (Å²) in [7, 11) is -3.49. The van der Waals surface area contributed by atoms with Crippen molar-refractivity contribution in [3.05, 3.63) is 0 Å². The minimum atomic E-state index is -3.49. The average molecular weight is 274 g/mol. The van der Waals surface area contributed by atoms with Gasteiger partial charge in [-0.05, 0) is 11.8 Å². The number of rotatable bonds is 2.